The maximum absolute atomic E-state index is 12.8. The maximum Gasteiger partial charge on any atom is 0.409 e. The van der Waals surface area contributed by atoms with E-state index in [4.69, 9.17) is 9.47 Å². The highest BCUT2D eigenvalue weighted by Crippen LogP contribution is 2.33. The van der Waals surface area contributed by atoms with Gasteiger partial charge in [0.15, 0.2) is 6.61 Å². The molecule has 8 heteroatoms. The Bertz CT molecular complexity index is 1080. The first kappa shape index (κ1) is 23.1. The van der Waals surface area contributed by atoms with Gasteiger partial charge < -0.3 is 23.8 Å². The summed E-state index contributed by atoms with van der Waals surface area (Å²) in [6.07, 6.45) is 1.98. The van der Waals surface area contributed by atoms with Crippen molar-refractivity contribution in [1.29, 1.82) is 0 Å². The zero-order chi connectivity index (χ0) is 23.5. The van der Waals surface area contributed by atoms with E-state index in [1.807, 2.05) is 22.8 Å². The van der Waals surface area contributed by atoms with Gasteiger partial charge in [-0.3, -0.25) is 9.59 Å². The van der Waals surface area contributed by atoms with E-state index in [0.29, 0.717) is 44.5 Å². The molecular weight excluding hydrogens is 422 g/mol. The number of rotatable bonds is 7. The van der Waals surface area contributed by atoms with Gasteiger partial charge in [-0.1, -0.05) is 13.8 Å². The number of benzene rings is 1. The average Bonchev–Trinajstić information content (AvgIpc) is 3.63. The highest BCUT2D eigenvalue weighted by atomic mass is 16.6. The third-order valence-electron chi connectivity index (χ3n) is 6.40. The van der Waals surface area contributed by atoms with Gasteiger partial charge in [-0.2, -0.15) is 0 Å². The van der Waals surface area contributed by atoms with Crippen LogP contribution in [0.4, 0.5) is 4.79 Å². The van der Waals surface area contributed by atoms with Crippen LogP contribution in [0.2, 0.25) is 0 Å². The molecule has 0 N–H and O–H groups in total. The molecule has 1 saturated carbocycles. The van der Waals surface area contributed by atoms with Crippen molar-refractivity contribution in [2.75, 3.05) is 39.4 Å². The molecule has 1 aromatic carbocycles. The summed E-state index contributed by atoms with van der Waals surface area (Å²) in [5.41, 5.74) is 1.92. The smallest absolute Gasteiger partial charge is 0.409 e. The van der Waals surface area contributed by atoms with Gasteiger partial charge >= 0.3 is 6.09 Å². The number of carbonyl (C=O) groups is 2. The highest BCUT2D eigenvalue weighted by molar-refractivity contribution is 5.85. The van der Waals surface area contributed by atoms with Gasteiger partial charge in [0, 0.05) is 50.2 Å². The van der Waals surface area contributed by atoms with Crippen LogP contribution >= 0.6 is 0 Å². The molecule has 33 heavy (non-hydrogen) atoms. The molecule has 2 aliphatic rings. The fraction of sp³-hybridized carbons (Fsp3) is 0.560. The fourth-order valence-corrected chi connectivity index (χ4v) is 4.29. The third kappa shape index (κ3) is 5.31. The number of fused-ring (bicyclic) bond motifs is 1. The van der Waals surface area contributed by atoms with E-state index in [9.17, 15) is 14.4 Å². The number of hydrogen-bond acceptors (Lipinski definition) is 5. The van der Waals surface area contributed by atoms with Crippen LogP contribution in [-0.4, -0.2) is 65.8 Å². The minimum Gasteiger partial charge on any atom is -0.484 e. The topological polar surface area (TPSA) is 81.1 Å². The average molecular weight is 456 g/mol. The van der Waals surface area contributed by atoms with E-state index in [-0.39, 0.29) is 30.1 Å². The summed E-state index contributed by atoms with van der Waals surface area (Å²) in [6, 6.07) is 7.50. The van der Waals surface area contributed by atoms with Gasteiger partial charge in [0.05, 0.1) is 12.1 Å². The van der Waals surface area contributed by atoms with Gasteiger partial charge in [0.1, 0.15) is 5.75 Å². The Kier molecular flexibility index (Phi) is 6.91. The van der Waals surface area contributed by atoms with Crippen LogP contribution in [0.1, 0.15) is 45.1 Å². The van der Waals surface area contributed by atoms with E-state index >= 15 is 0 Å². The van der Waals surface area contributed by atoms with Crippen molar-refractivity contribution < 1.29 is 19.1 Å². The molecule has 8 nitrogen and oxygen atoms in total. The lowest BCUT2D eigenvalue weighted by Crippen LogP contribution is -2.51. The first-order valence-electron chi connectivity index (χ1n) is 11.9. The minimum absolute atomic E-state index is 0.0193. The van der Waals surface area contributed by atoms with E-state index in [0.717, 1.165) is 35.9 Å². The lowest BCUT2D eigenvalue weighted by atomic mass is 9.98. The molecule has 178 valence electrons. The molecule has 2 amide bonds. The van der Waals surface area contributed by atoms with Gasteiger partial charge in [-0.05, 0) is 49.3 Å². The number of amides is 2. The summed E-state index contributed by atoms with van der Waals surface area (Å²) in [4.78, 5) is 40.7. The normalized spacial score (nSPS) is 16.4. The quantitative estimate of drug-likeness (QED) is 0.640. The SMILES string of the molecule is CCOC(=O)N1CCN(C(=O)COc2ccc3c(C(C)C)cc(=O)n(CC4CC4)c3c2)CC1. The first-order chi connectivity index (χ1) is 15.9. The zero-order valence-corrected chi connectivity index (χ0v) is 19.7. The van der Waals surface area contributed by atoms with Crippen molar-refractivity contribution in [1.82, 2.24) is 14.4 Å². The Morgan fingerprint density at radius 2 is 1.76 bits per heavy atom. The van der Waals surface area contributed by atoms with E-state index in [1.54, 1.807) is 22.8 Å². The number of pyridine rings is 1. The summed E-state index contributed by atoms with van der Waals surface area (Å²) in [5, 5.41) is 1.05. The molecule has 0 spiro atoms. The molecule has 2 aromatic rings. The monoisotopic (exact) mass is 455 g/mol. The van der Waals surface area contributed by atoms with Gasteiger partial charge in [-0.15, -0.1) is 0 Å². The summed E-state index contributed by atoms with van der Waals surface area (Å²) in [7, 11) is 0. The molecule has 1 saturated heterocycles. The molecule has 0 unspecified atom stereocenters. The zero-order valence-electron chi connectivity index (χ0n) is 19.7. The standard InChI is InChI=1S/C25H33N3O5/c1-4-32-25(31)27-11-9-26(10-12-27)24(30)16-33-19-7-8-20-21(17(2)3)14-23(29)28(22(20)13-19)15-18-5-6-18/h7-8,13-14,17-18H,4-6,9-12,15-16H2,1-3H3. The minimum atomic E-state index is -0.338. The van der Waals surface area contributed by atoms with Crippen LogP contribution in [0.5, 0.6) is 5.75 Å². The number of hydrogen-bond donors (Lipinski definition) is 0. The number of aromatic nitrogens is 1. The number of piperazine rings is 1. The second kappa shape index (κ2) is 9.85. The predicted molar refractivity (Wildman–Crippen MR) is 126 cm³/mol. The summed E-state index contributed by atoms with van der Waals surface area (Å²) >= 11 is 0. The lowest BCUT2D eigenvalue weighted by Gasteiger charge is -2.33. The van der Waals surface area contributed by atoms with Crippen molar-refractivity contribution in [2.45, 2.75) is 46.1 Å². The molecule has 4 rings (SSSR count). The van der Waals surface area contributed by atoms with Crippen molar-refractivity contribution in [2.24, 2.45) is 5.92 Å². The second-order valence-corrected chi connectivity index (χ2v) is 9.18. The second-order valence-electron chi connectivity index (χ2n) is 9.18. The summed E-state index contributed by atoms with van der Waals surface area (Å²) < 4.78 is 12.7. The molecule has 1 aliphatic carbocycles. The highest BCUT2D eigenvalue weighted by Gasteiger charge is 2.26. The Morgan fingerprint density at radius 1 is 1.06 bits per heavy atom. The Hall–Kier alpha value is -3.03. The van der Waals surface area contributed by atoms with E-state index in [2.05, 4.69) is 13.8 Å². The van der Waals surface area contributed by atoms with Crippen molar-refractivity contribution in [3.05, 3.63) is 40.2 Å². The maximum atomic E-state index is 12.8. The van der Waals surface area contributed by atoms with Crippen molar-refractivity contribution in [3.8, 4) is 5.75 Å². The Balaban J connectivity index is 1.45. The number of carbonyl (C=O) groups excluding carboxylic acids is 2. The predicted octanol–water partition coefficient (Wildman–Crippen LogP) is 3.21. The van der Waals surface area contributed by atoms with Gasteiger partial charge in [-0.25, -0.2) is 4.79 Å². The molecule has 2 heterocycles. The van der Waals surface area contributed by atoms with Crippen LogP contribution in [0.3, 0.4) is 0 Å². The largest absolute Gasteiger partial charge is 0.484 e. The molecular formula is C25H33N3O5. The van der Waals surface area contributed by atoms with Crippen LogP contribution < -0.4 is 10.3 Å². The molecule has 1 aliphatic heterocycles. The number of nitrogens with zero attached hydrogens (tertiary/aromatic N) is 3. The summed E-state index contributed by atoms with van der Waals surface area (Å²) in [6.45, 7) is 8.74. The van der Waals surface area contributed by atoms with Gasteiger partial charge in [0.25, 0.3) is 11.5 Å². The number of ether oxygens (including phenoxy) is 2. The lowest BCUT2D eigenvalue weighted by molar-refractivity contribution is -0.134. The molecule has 0 bridgehead atoms. The van der Waals surface area contributed by atoms with Crippen LogP contribution in [0.25, 0.3) is 10.9 Å². The van der Waals surface area contributed by atoms with E-state index < -0.39 is 0 Å². The van der Waals surface area contributed by atoms with E-state index in [1.165, 1.54) is 0 Å². The van der Waals surface area contributed by atoms with Crippen LogP contribution in [0, 0.1) is 5.92 Å². The Labute approximate surface area is 194 Å². The molecule has 2 fully saturated rings. The third-order valence-corrected chi connectivity index (χ3v) is 6.40. The molecule has 0 atom stereocenters. The summed E-state index contributed by atoms with van der Waals surface area (Å²) in [5.74, 6) is 1.25. The molecule has 0 radical (unpaired) electrons. The van der Waals surface area contributed by atoms with Crippen molar-refractivity contribution >= 4 is 22.9 Å². The van der Waals surface area contributed by atoms with Gasteiger partial charge in [0.2, 0.25) is 0 Å². The fourth-order valence-electron chi connectivity index (χ4n) is 4.29. The van der Waals surface area contributed by atoms with Crippen LogP contribution in [-0.2, 0) is 16.1 Å². The molecule has 1 aromatic heterocycles. The van der Waals surface area contributed by atoms with Crippen LogP contribution in [0.15, 0.2) is 29.1 Å². The first-order valence-corrected chi connectivity index (χ1v) is 11.9. The Morgan fingerprint density at radius 3 is 2.39 bits per heavy atom. The van der Waals surface area contributed by atoms with Crippen molar-refractivity contribution in [3.63, 3.8) is 0 Å².